The van der Waals surface area contributed by atoms with Gasteiger partial charge in [0.2, 0.25) is 0 Å². The summed E-state index contributed by atoms with van der Waals surface area (Å²) >= 11 is 0. The number of carbonyl (C=O) groups excluding carboxylic acids is 1. The second kappa shape index (κ2) is 8.22. The van der Waals surface area contributed by atoms with Crippen molar-refractivity contribution in [1.82, 2.24) is 20.0 Å². The van der Waals surface area contributed by atoms with E-state index in [0.29, 0.717) is 11.5 Å². The number of aromatic nitrogens is 2. The Balaban J connectivity index is 0.00000110. The maximum Gasteiger partial charge on any atom is 0.252 e. The molecule has 1 fully saturated rings. The largest absolute Gasteiger partial charge is 0.352 e. The van der Waals surface area contributed by atoms with Crippen molar-refractivity contribution >= 4 is 36.4 Å². The minimum absolute atomic E-state index is 0. The first kappa shape index (κ1) is 17.8. The Bertz CT molecular complexity index is 581. The molecular weight excluding hydrogens is 311 g/mol. The Morgan fingerprint density at radius 2 is 2.29 bits per heavy atom. The summed E-state index contributed by atoms with van der Waals surface area (Å²) in [7, 11) is 0. The van der Waals surface area contributed by atoms with Crippen molar-refractivity contribution in [3.8, 4) is 0 Å². The van der Waals surface area contributed by atoms with Gasteiger partial charge >= 0.3 is 0 Å². The van der Waals surface area contributed by atoms with E-state index in [1.54, 1.807) is 6.20 Å². The third-order valence-corrected chi connectivity index (χ3v) is 3.65. The van der Waals surface area contributed by atoms with Gasteiger partial charge in [0.25, 0.3) is 5.91 Å². The molecule has 0 bridgehead atoms. The Morgan fingerprint density at radius 3 is 3.05 bits per heavy atom. The Kier molecular flexibility index (Phi) is 6.95. The van der Waals surface area contributed by atoms with Gasteiger partial charge in [-0.2, -0.15) is 0 Å². The molecule has 116 valence electrons. The third-order valence-electron chi connectivity index (χ3n) is 3.65. The van der Waals surface area contributed by atoms with Gasteiger partial charge in [0.15, 0.2) is 0 Å². The van der Waals surface area contributed by atoms with Crippen LogP contribution < -0.4 is 10.6 Å². The summed E-state index contributed by atoms with van der Waals surface area (Å²) < 4.78 is 1.86. The van der Waals surface area contributed by atoms with E-state index in [1.165, 1.54) is 6.42 Å². The van der Waals surface area contributed by atoms with Gasteiger partial charge in [0.05, 0.1) is 5.56 Å². The summed E-state index contributed by atoms with van der Waals surface area (Å²) in [6.45, 7) is 2.93. The highest BCUT2D eigenvalue weighted by Gasteiger charge is 2.14. The number of carbonyl (C=O) groups is 1. The van der Waals surface area contributed by atoms with Crippen LogP contribution in [0.25, 0.3) is 5.65 Å². The molecule has 1 amide bonds. The van der Waals surface area contributed by atoms with Gasteiger partial charge in [-0.15, -0.1) is 24.8 Å². The van der Waals surface area contributed by atoms with Crippen molar-refractivity contribution in [3.05, 3.63) is 36.3 Å². The molecule has 21 heavy (non-hydrogen) atoms. The molecule has 0 aromatic carbocycles. The summed E-state index contributed by atoms with van der Waals surface area (Å²) in [5.41, 5.74) is 1.53. The summed E-state index contributed by atoms with van der Waals surface area (Å²) in [6.07, 6.45) is 7.65. The predicted molar refractivity (Wildman–Crippen MR) is 87.6 cm³/mol. The molecule has 1 unspecified atom stereocenters. The highest BCUT2D eigenvalue weighted by Crippen LogP contribution is 2.11. The van der Waals surface area contributed by atoms with Crippen molar-refractivity contribution in [2.24, 2.45) is 5.92 Å². The molecule has 0 spiro atoms. The minimum atomic E-state index is -0.0124. The fourth-order valence-electron chi connectivity index (χ4n) is 2.51. The average molecular weight is 331 g/mol. The second-order valence-electron chi connectivity index (χ2n) is 5.01. The van der Waals surface area contributed by atoms with E-state index in [0.717, 1.165) is 31.7 Å². The molecule has 1 atom stereocenters. The van der Waals surface area contributed by atoms with Gasteiger partial charge in [-0.25, -0.2) is 4.98 Å². The van der Waals surface area contributed by atoms with E-state index < -0.39 is 0 Å². The number of amides is 1. The zero-order chi connectivity index (χ0) is 13.1. The Labute approximate surface area is 136 Å². The van der Waals surface area contributed by atoms with E-state index in [9.17, 15) is 4.79 Å². The standard InChI is InChI=1S/C14H18N4O.2ClH/c19-14(17-6-4-11-3-5-15-9-11)12-1-2-13-16-7-8-18(13)10-12;;/h1-2,7-8,10-11,15H,3-6,9H2,(H,17,19);2*1H. The molecule has 1 aliphatic rings. The maximum absolute atomic E-state index is 12.0. The normalized spacial score (nSPS) is 17.0. The van der Waals surface area contributed by atoms with Crippen molar-refractivity contribution in [3.63, 3.8) is 0 Å². The van der Waals surface area contributed by atoms with E-state index in [1.807, 2.05) is 28.9 Å². The van der Waals surface area contributed by atoms with Crippen LogP contribution in [0.4, 0.5) is 0 Å². The van der Waals surface area contributed by atoms with Crippen molar-refractivity contribution in [2.75, 3.05) is 19.6 Å². The monoisotopic (exact) mass is 330 g/mol. The Hall–Kier alpha value is -1.30. The number of halogens is 2. The van der Waals surface area contributed by atoms with Gasteiger partial charge < -0.3 is 15.0 Å². The minimum Gasteiger partial charge on any atom is -0.352 e. The van der Waals surface area contributed by atoms with E-state index in [4.69, 9.17) is 0 Å². The van der Waals surface area contributed by atoms with Gasteiger partial charge in [0, 0.05) is 25.1 Å². The lowest BCUT2D eigenvalue weighted by atomic mass is 10.1. The Morgan fingerprint density at radius 1 is 1.43 bits per heavy atom. The van der Waals surface area contributed by atoms with Crippen LogP contribution in [0.15, 0.2) is 30.7 Å². The smallest absolute Gasteiger partial charge is 0.252 e. The lowest BCUT2D eigenvalue weighted by Gasteiger charge is -2.09. The van der Waals surface area contributed by atoms with Crippen LogP contribution in [0.3, 0.4) is 0 Å². The number of hydrogen-bond acceptors (Lipinski definition) is 3. The molecule has 2 aromatic rings. The van der Waals surface area contributed by atoms with Crippen molar-refractivity contribution in [1.29, 1.82) is 0 Å². The first-order valence-corrected chi connectivity index (χ1v) is 6.74. The average Bonchev–Trinajstić information content (AvgIpc) is 3.08. The topological polar surface area (TPSA) is 58.4 Å². The van der Waals surface area contributed by atoms with E-state index >= 15 is 0 Å². The van der Waals surface area contributed by atoms with E-state index in [-0.39, 0.29) is 30.7 Å². The quantitative estimate of drug-likeness (QED) is 0.900. The summed E-state index contributed by atoms with van der Waals surface area (Å²) in [5.74, 6) is 0.693. The summed E-state index contributed by atoms with van der Waals surface area (Å²) in [5, 5.41) is 6.32. The van der Waals surface area contributed by atoms with Gasteiger partial charge in [-0.3, -0.25) is 4.79 Å². The molecule has 5 nitrogen and oxygen atoms in total. The summed E-state index contributed by atoms with van der Waals surface area (Å²) in [4.78, 5) is 16.2. The fraction of sp³-hybridized carbons (Fsp3) is 0.429. The highest BCUT2D eigenvalue weighted by atomic mass is 35.5. The molecule has 0 saturated carbocycles. The molecule has 1 aliphatic heterocycles. The molecule has 0 aliphatic carbocycles. The first-order chi connectivity index (χ1) is 9.33. The van der Waals surface area contributed by atoms with Gasteiger partial charge in [-0.05, 0) is 44.0 Å². The number of imidazole rings is 1. The van der Waals surface area contributed by atoms with Crippen LogP contribution in [0.5, 0.6) is 0 Å². The highest BCUT2D eigenvalue weighted by molar-refractivity contribution is 5.94. The molecule has 2 N–H and O–H groups in total. The predicted octanol–water partition coefficient (Wildman–Crippen LogP) is 1.91. The van der Waals surface area contributed by atoms with Crippen molar-refractivity contribution < 1.29 is 4.79 Å². The fourth-order valence-corrected chi connectivity index (χ4v) is 2.51. The van der Waals surface area contributed by atoms with Crippen LogP contribution in [0, 0.1) is 5.92 Å². The van der Waals surface area contributed by atoms with Crippen LogP contribution >= 0.6 is 24.8 Å². The maximum atomic E-state index is 12.0. The molecular formula is C14H20Cl2N4O. The first-order valence-electron chi connectivity index (χ1n) is 6.74. The molecule has 0 radical (unpaired) electrons. The lowest BCUT2D eigenvalue weighted by Crippen LogP contribution is -2.26. The molecule has 3 heterocycles. The molecule has 1 saturated heterocycles. The third kappa shape index (κ3) is 4.33. The van der Waals surface area contributed by atoms with Gasteiger partial charge in [0.1, 0.15) is 5.65 Å². The van der Waals surface area contributed by atoms with Crippen LogP contribution in [0.2, 0.25) is 0 Å². The number of nitrogens with one attached hydrogen (secondary N) is 2. The van der Waals surface area contributed by atoms with Crippen LogP contribution in [-0.4, -0.2) is 34.9 Å². The van der Waals surface area contributed by atoms with Crippen LogP contribution in [-0.2, 0) is 0 Å². The zero-order valence-electron chi connectivity index (χ0n) is 11.6. The molecule has 3 rings (SSSR count). The lowest BCUT2D eigenvalue weighted by molar-refractivity contribution is 0.0951. The second-order valence-corrected chi connectivity index (χ2v) is 5.01. The number of nitrogens with zero attached hydrogens (tertiary/aromatic N) is 2. The SMILES string of the molecule is Cl.Cl.O=C(NCCC1CCNC1)c1ccc2nccn2c1. The van der Waals surface area contributed by atoms with E-state index in [2.05, 4.69) is 15.6 Å². The zero-order valence-corrected chi connectivity index (χ0v) is 13.3. The van der Waals surface area contributed by atoms with Crippen molar-refractivity contribution in [2.45, 2.75) is 12.8 Å². The number of rotatable bonds is 4. The number of hydrogen-bond donors (Lipinski definition) is 2. The van der Waals surface area contributed by atoms with Gasteiger partial charge in [-0.1, -0.05) is 0 Å². The molecule has 2 aromatic heterocycles. The number of pyridine rings is 1. The molecule has 7 heteroatoms. The number of fused-ring (bicyclic) bond motifs is 1. The van der Waals surface area contributed by atoms with Crippen LogP contribution in [0.1, 0.15) is 23.2 Å². The summed E-state index contributed by atoms with van der Waals surface area (Å²) in [6, 6.07) is 3.67.